The third kappa shape index (κ3) is 3.33. The first-order valence-electron chi connectivity index (χ1n) is 2.54. The van der Waals surface area contributed by atoms with Gasteiger partial charge >= 0.3 is 0 Å². The summed E-state index contributed by atoms with van der Waals surface area (Å²) in [5, 5.41) is 0.707. The molecule has 0 atom stereocenters. The Morgan fingerprint density at radius 2 is 1.70 bits per heavy atom. The molecule has 0 aliphatic carbocycles. The van der Waals surface area contributed by atoms with Crippen LogP contribution in [0, 0.1) is 0 Å². The summed E-state index contributed by atoms with van der Waals surface area (Å²) in [6, 6.07) is 0. The van der Waals surface area contributed by atoms with Crippen LogP contribution >= 0.6 is 51.8 Å². The van der Waals surface area contributed by atoms with Gasteiger partial charge in [-0.3, -0.25) is 0 Å². The van der Waals surface area contributed by atoms with Crippen LogP contribution in [-0.2, 0) is 0 Å². The van der Waals surface area contributed by atoms with E-state index in [4.69, 9.17) is 23.2 Å². The minimum Gasteiger partial charge on any atom is -0.130 e. The maximum Gasteiger partial charge on any atom is 0.0849 e. The molecule has 0 aromatic heterocycles. The van der Waals surface area contributed by atoms with Crippen LogP contribution in [0.1, 0.15) is 13.8 Å². The van der Waals surface area contributed by atoms with E-state index >= 15 is 0 Å². The Labute approximate surface area is 84.8 Å². The zero-order valence-electron chi connectivity index (χ0n) is 5.58. The monoisotopic (exact) mass is 260 g/mol. The average molecular weight is 262 g/mol. The molecule has 0 saturated heterocycles. The second-order valence-electron chi connectivity index (χ2n) is 1.76. The Hall–Kier alpha value is 0.890. The molecule has 0 rings (SSSR count). The summed E-state index contributed by atoms with van der Waals surface area (Å²) in [6.07, 6.45) is 0. The van der Waals surface area contributed by atoms with Gasteiger partial charge in [0.2, 0.25) is 0 Å². The van der Waals surface area contributed by atoms with Crippen molar-refractivity contribution in [2.75, 3.05) is 0 Å². The third-order valence-electron chi connectivity index (χ3n) is 1.03. The minimum atomic E-state index is 0.414. The molecule has 0 saturated carbocycles. The van der Waals surface area contributed by atoms with Crippen molar-refractivity contribution in [1.82, 2.24) is 0 Å². The maximum atomic E-state index is 5.69. The normalized spacial score (nSPS) is 16.2. The fourth-order valence-corrected chi connectivity index (χ4v) is 1.12. The lowest BCUT2D eigenvalue weighted by Crippen LogP contribution is -1.77. The molecule has 0 amide bonds. The number of thiol groups is 1. The highest BCUT2D eigenvalue weighted by Gasteiger charge is 2.01. The highest BCUT2D eigenvalue weighted by Crippen LogP contribution is 2.28. The summed E-state index contributed by atoms with van der Waals surface area (Å²) >= 11 is 18.4. The molecular formula is C6H7BrCl2S. The van der Waals surface area contributed by atoms with Gasteiger partial charge in [-0.1, -0.05) is 23.2 Å². The Morgan fingerprint density at radius 3 is 1.80 bits per heavy atom. The zero-order valence-corrected chi connectivity index (χ0v) is 9.57. The number of hydrogen-bond acceptors (Lipinski definition) is 1. The van der Waals surface area contributed by atoms with Crippen LogP contribution < -0.4 is 0 Å². The molecule has 0 aliphatic heterocycles. The van der Waals surface area contributed by atoms with Crippen molar-refractivity contribution >= 4 is 51.8 Å². The number of hydrogen-bond donors (Lipinski definition) is 1. The largest absolute Gasteiger partial charge is 0.130 e. The Morgan fingerprint density at radius 1 is 1.30 bits per heavy atom. The Bertz CT molecular complexity index is 166. The summed E-state index contributed by atoms with van der Waals surface area (Å²) in [6.45, 7) is 3.66. The molecule has 0 unspecified atom stereocenters. The summed E-state index contributed by atoms with van der Waals surface area (Å²) in [7, 11) is 0. The number of allylic oxidation sites excluding steroid dienone is 3. The molecule has 0 radical (unpaired) electrons. The third-order valence-corrected chi connectivity index (χ3v) is 3.25. The molecule has 0 aromatic rings. The van der Waals surface area contributed by atoms with E-state index in [9.17, 15) is 0 Å². The van der Waals surface area contributed by atoms with E-state index in [0.717, 1.165) is 10.1 Å². The molecule has 10 heavy (non-hydrogen) atoms. The lowest BCUT2D eigenvalue weighted by Gasteiger charge is -2.00. The van der Waals surface area contributed by atoms with E-state index in [1.165, 1.54) is 0 Å². The Kier molecular flexibility index (Phi) is 5.12. The van der Waals surface area contributed by atoms with Gasteiger partial charge in [0.05, 0.1) is 4.36 Å². The van der Waals surface area contributed by atoms with Crippen LogP contribution in [0.3, 0.4) is 0 Å². The molecule has 0 bridgehead atoms. The summed E-state index contributed by atoms with van der Waals surface area (Å²) in [5.74, 6) is 0. The highest BCUT2D eigenvalue weighted by molar-refractivity contribution is 9.12. The van der Waals surface area contributed by atoms with E-state index in [2.05, 4.69) is 28.6 Å². The maximum absolute atomic E-state index is 5.69. The lowest BCUT2D eigenvalue weighted by molar-refractivity contribution is 1.43. The predicted octanol–water partition coefficient (Wildman–Crippen LogP) is 4.25. The zero-order chi connectivity index (χ0) is 8.31. The number of halogens is 3. The van der Waals surface area contributed by atoms with E-state index < -0.39 is 0 Å². The van der Waals surface area contributed by atoms with Gasteiger partial charge in [0.1, 0.15) is 0 Å². The molecule has 0 aliphatic rings. The summed E-state index contributed by atoms with van der Waals surface area (Å²) in [5.41, 5.74) is 0.904. The van der Waals surface area contributed by atoms with Gasteiger partial charge < -0.3 is 0 Å². The fraction of sp³-hybridized carbons (Fsp3) is 0.333. The lowest BCUT2D eigenvalue weighted by atomic mass is 10.3. The smallest absolute Gasteiger partial charge is 0.0849 e. The van der Waals surface area contributed by atoms with Gasteiger partial charge in [-0.15, -0.1) is 12.6 Å². The molecule has 0 nitrogen and oxygen atoms in total. The minimum absolute atomic E-state index is 0.414. The van der Waals surface area contributed by atoms with Crippen LogP contribution in [0.5, 0.6) is 0 Å². The molecule has 0 heterocycles. The van der Waals surface area contributed by atoms with Crippen molar-refractivity contribution in [2.24, 2.45) is 0 Å². The molecule has 0 N–H and O–H groups in total. The standard InChI is InChI=1S/C6H7BrCl2S/c1-3(4(2)8)5(7)6(9)10/h10H,1-2H3/b4-3+,6-5+. The van der Waals surface area contributed by atoms with E-state index in [1.807, 2.05) is 6.92 Å². The summed E-state index contributed by atoms with van der Waals surface area (Å²) in [4.78, 5) is 0. The van der Waals surface area contributed by atoms with E-state index in [-0.39, 0.29) is 0 Å². The molecular weight excluding hydrogens is 255 g/mol. The van der Waals surface area contributed by atoms with Crippen LogP contribution in [0.25, 0.3) is 0 Å². The van der Waals surface area contributed by atoms with Gasteiger partial charge in [-0.05, 0) is 35.4 Å². The van der Waals surface area contributed by atoms with Crippen molar-refractivity contribution in [3.05, 3.63) is 19.5 Å². The van der Waals surface area contributed by atoms with Crippen LogP contribution in [0.15, 0.2) is 19.5 Å². The van der Waals surface area contributed by atoms with Gasteiger partial charge in [0.15, 0.2) is 0 Å². The highest BCUT2D eigenvalue weighted by atomic mass is 79.9. The van der Waals surface area contributed by atoms with Crippen molar-refractivity contribution in [2.45, 2.75) is 13.8 Å². The second kappa shape index (κ2) is 4.70. The second-order valence-corrected chi connectivity index (χ2v) is 4.21. The fourth-order valence-electron chi connectivity index (χ4n) is 0.306. The van der Waals surface area contributed by atoms with E-state index in [1.54, 1.807) is 6.92 Å². The SMILES string of the molecule is C/C(Cl)=C(C)\C(Br)=C(/S)Cl. The molecule has 4 heteroatoms. The molecule has 0 spiro atoms. The van der Waals surface area contributed by atoms with Gasteiger partial charge in [0.25, 0.3) is 0 Å². The molecule has 0 fully saturated rings. The van der Waals surface area contributed by atoms with Crippen molar-refractivity contribution in [1.29, 1.82) is 0 Å². The predicted molar refractivity (Wildman–Crippen MR) is 55.0 cm³/mol. The van der Waals surface area contributed by atoms with Gasteiger partial charge in [-0.2, -0.15) is 0 Å². The Balaban J connectivity index is 4.71. The van der Waals surface area contributed by atoms with Crippen LogP contribution in [-0.4, -0.2) is 0 Å². The topological polar surface area (TPSA) is 0 Å². The first kappa shape index (κ1) is 10.9. The van der Waals surface area contributed by atoms with E-state index in [0.29, 0.717) is 9.40 Å². The van der Waals surface area contributed by atoms with Crippen molar-refractivity contribution in [3.63, 3.8) is 0 Å². The van der Waals surface area contributed by atoms with Crippen LogP contribution in [0.4, 0.5) is 0 Å². The molecule has 0 aromatic carbocycles. The van der Waals surface area contributed by atoms with Gasteiger partial charge in [0, 0.05) is 9.51 Å². The molecule has 58 valence electrons. The summed E-state index contributed by atoms with van der Waals surface area (Å²) < 4.78 is 1.16. The average Bonchev–Trinajstić information content (AvgIpc) is 1.84. The first-order valence-corrected chi connectivity index (χ1v) is 4.54. The number of rotatable bonds is 1. The van der Waals surface area contributed by atoms with Crippen molar-refractivity contribution in [3.8, 4) is 0 Å². The van der Waals surface area contributed by atoms with Gasteiger partial charge in [-0.25, -0.2) is 0 Å². The van der Waals surface area contributed by atoms with Crippen LogP contribution in [0.2, 0.25) is 0 Å². The first-order chi connectivity index (χ1) is 4.46. The quantitative estimate of drug-likeness (QED) is 0.530. The van der Waals surface area contributed by atoms with Crippen molar-refractivity contribution < 1.29 is 0 Å².